The predicted octanol–water partition coefficient (Wildman–Crippen LogP) is 3.74. The number of hydrogen-bond donors (Lipinski definition) is 1. The van der Waals surface area contributed by atoms with E-state index in [-0.39, 0.29) is 17.7 Å². The summed E-state index contributed by atoms with van der Waals surface area (Å²) >= 11 is 1.36. The van der Waals surface area contributed by atoms with Crippen LogP contribution in [0.5, 0.6) is 5.75 Å². The molecule has 4 aromatic rings. The Kier molecular flexibility index (Phi) is 5.76. The number of thioether (sulfide) groups is 1. The van der Waals surface area contributed by atoms with Crippen molar-refractivity contribution < 1.29 is 9.53 Å². The van der Waals surface area contributed by atoms with Crippen molar-refractivity contribution in [3.8, 4) is 5.75 Å². The molecule has 6 nitrogen and oxygen atoms in total. The molecule has 0 aliphatic heterocycles. The average Bonchev–Trinajstić information content (AvgIpc) is 3.20. The smallest absolute Gasteiger partial charge is 0.231 e. The Morgan fingerprint density at radius 1 is 1.00 bits per heavy atom. The summed E-state index contributed by atoms with van der Waals surface area (Å²) in [5.41, 5.74) is 2.77. The normalized spacial score (nSPS) is 11.9. The molecule has 0 saturated heterocycles. The molecular formula is C22H20N4O2S. The number of nitrogens with one attached hydrogen (secondary N) is 1. The lowest BCUT2D eigenvalue weighted by Crippen LogP contribution is -2.30. The molecule has 29 heavy (non-hydrogen) atoms. The van der Waals surface area contributed by atoms with Gasteiger partial charge in [-0.3, -0.25) is 9.20 Å². The molecule has 0 bridgehead atoms. The summed E-state index contributed by atoms with van der Waals surface area (Å²) in [6, 6.07) is 23.1. The molecular weight excluding hydrogens is 384 g/mol. The standard InChI is InChI=1S/C22H20N4O2S/c1-28-18-12-10-17(11-13-18)21(16-7-3-2-4-8-16)23-20(27)15-29-22-25-24-19-9-5-6-14-26(19)22/h2-14,21H,15H2,1H3,(H,23,27)/t21-/m1/s1. The molecule has 2 aromatic carbocycles. The summed E-state index contributed by atoms with van der Waals surface area (Å²) in [6.45, 7) is 0. The van der Waals surface area contributed by atoms with Crippen LogP contribution in [0.2, 0.25) is 0 Å². The second-order valence-corrected chi connectivity index (χ2v) is 7.33. The Morgan fingerprint density at radius 3 is 2.48 bits per heavy atom. The van der Waals surface area contributed by atoms with Gasteiger partial charge in [-0.05, 0) is 35.4 Å². The molecule has 0 spiro atoms. The molecule has 146 valence electrons. The fourth-order valence-electron chi connectivity index (χ4n) is 3.05. The van der Waals surface area contributed by atoms with Gasteiger partial charge in [0.15, 0.2) is 10.8 Å². The average molecular weight is 404 g/mol. The van der Waals surface area contributed by atoms with Gasteiger partial charge in [0.25, 0.3) is 0 Å². The van der Waals surface area contributed by atoms with Gasteiger partial charge in [0.2, 0.25) is 5.91 Å². The number of ether oxygens (including phenoxy) is 1. The summed E-state index contributed by atoms with van der Waals surface area (Å²) in [6.07, 6.45) is 1.89. The number of amides is 1. The van der Waals surface area contributed by atoms with Crippen molar-refractivity contribution in [2.75, 3.05) is 12.9 Å². The summed E-state index contributed by atoms with van der Waals surface area (Å²) in [7, 11) is 1.64. The first-order chi connectivity index (χ1) is 14.2. The predicted molar refractivity (Wildman–Crippen MR) is 113 cm³/mol. The number of carbonyl (C=O) groups excluding carboxylic acids is 1. The van der Waals surface area contributed by atoms with E-state index in [1.807, 2.05) is 83.4 Å². The van der Waals surface area contributed by atoms with E-state index < -0.39 is 0 Å². The number of pyridine rings is 1. The molecule has 1 amide bonds. The van der Waals surface area contributed by atoms with Crippen molar-refractivity contribution in [3.63, 3.8) is 0 Å². The lowest BCUT2D eigenvalue weighted by Gasteiger charge is -2.20. The highest BCUT2D eigenvalue weighted by molar-refractivity contribution is 7.99. The molecule has 0 aliphatic carbocycles. The molecule has 0 aliphatic rings. The highest BCUT2D eigenvalue weighted by Gasteiger charge is 2.18. The van der Waals surface area contributed by atoms with Crippen molar-refractivity contribution in [1.82, 2.24) is 19.9 Å². The van der Waals surface area contributed by atoms with Crippen LogP contribution in [0.15, 0.2) is 84.1 Å². The highest BCUT2D eigenvalue weighted by Crippen LogP contribution is 2.25. The first-order valence-corrected chi connectivity index (χ1v) is 10.1. The Hall–Kier alpha value is -3.32. The molecule has 0 saturated carbocycles. The largest absolute Gasteiger partial charge is 0.497 e. The third-order valence-electron chi connectivity index (χ3n) is 4.50. The van der Waals surface area contributed by atoms with E-state index >= 15 is 0 Å². The second-order valence-electron chi connectivity index (χ2n) is 6.38. The zero-order valence-electron chi connectivity index (χ0n) is 15.9. The fourth-order valence-corrected chi connectivity index (χ4v) is 3.79. The summed E-state index contributed by atoms with van der Waals surface area (Å²) in [5.74, 6) is 0.948. The third kappa shape index (κ3) is 4.41. The Morgan fingerprint density at radius 2 is 1.72 bits per heavy atom. The first kappa shape index (κ1) is 19.0. The van der Waals surface area contributed by atoms with Gasteiger partial charge >= 0.3 is 0 Å². The number of rotatable bonds is 7. The van der Waals surface area contributed by atoms with E-state index in [4.69, 9.17) is 4.74 Å². The molecule has 4 rings (SSSR count). The number of aromatic nitrogens is 3. The minimum absolute atomic E-state index is 0.0765. The molecule has 2 aromatic heterocycles. The van der Waals surface area contributed by atoms with Gasteiger partial charge in [-0.25, -0.2) is 0 Å². The van der Waals surface area contributed by atoms with Crippen LogP contribution in [0.3, 0.4) is 0 Å². The fraction of sp³-hybridized carbons (Fsp3) is 0.136. The lowest BCUT2D eigenvalue weighted by molar-refractivity contribution is -0.119. The minimum atomic E-state index is -0.245. The zero-order valence-corrected chi connectivity index (χ0v) is 16.7. The van der Waals surface area contributed by atoms with E-state index in [0.29, 0.717) is 5.16 Å². The van der Waals surface area contributed by atoms with Crippen molar-refractivity contribution >= 4 is 23.3 Å². The van der Waals surface area contributed by atoms with Crippen LogP contribution in [0.1, 0.15) is 17.2 Å². The van der Waals surface area contributed by atoms with Gasteiger partial charge in [0.1, 0.15) is 5.75 Å². The van der Waals surface area contributed by atoms with Crippen molar-refractivity contribution in [2.24, 2.45) is 0 Å². The maximum atomic E-state index is 12.7. The second kappa shape index (κ2) is 8.79. The molecule has 0 unspecified atom stereocenters. The monoisotopic (exact) mass is 404 g/mol. The van der Waals surface area contributed by atoms with Crippen LogP contribution in [-0.4, -0.2) is 33.4 Å². The number of methoxy groups -OCH3 is 1. The molecule has 0 fully saturated rings. The third-order valence-corrected chi connectivity index (χ3v) is 5.45. The zero-order chi connectivity index (χ0) is 20.1. The van der Waals surface area contributed by atoms with Crippen LogP contribution in [0.4, 0.5) is 0 Å². The summed E-state index contributed by atoms with van der Waals surface area (Å²) in [5, 5.41) is 12.1. The molecule has 1 N–H and O–H groups in total. The Balaban J connectivity index is 1.50. The first-order valence-electron chi connectivity index (χ1n) is 9.15. The van der Waals surface area contributed by atoms with Crippen molar-refractivity contribution in [2.45, 2.75) is 11.2 Å². The minimum Gasteiger partial charge on any atom is -0.497 e. The van der Waals surface area contributed by atoms with Gasteiger partial charge < -0.3 is 10.1 Å². The highest BCUT2D eigenvalue weighted by atomic mass is 32.2. The van der Waals surface area contributed by atoms with Gasteiger partial charge in [-0.1, -0.05) is 60.3 Å². The van der Waals surface area contributed by atoms with Crippen LogP contribution in [0.25, 0.3) is 5.65 Å². The number of benzene rings is 2. The van der Waals surface area contributed by atoms with Gasteiger partial charge in [0.05, 0.1) is 18.9 Å². The Bertz CT molecular complexity index is 1100. The molecule has 1 atom stereocenters. The van der Waals surface area contributed by atoms with Gasteiger partial charge in [-0.15, -0.1) is 10.2 Å². The van der Waals surface area contributed by atoms with Crippen LogP contribution in [0, 0.1) is 0 Å². The lowest BCUT2D eigenvalue weighted by atomic mass is 9.98. The van der Waals surface area contributed by atoms with E-state index in [9.17, 15) is 4.79 Å². The quantitative estimate of drug-likeness (QED) is 0.475. The van der Waals surface area contributed by atoms with Crippen LogP contribution in [-0.2, 0) is 4.79 Å². The molecule has 2 heterocycles. The van der Waals surface area contributed by atoms with Gasteiger partial charge in [-0.2, -0.15) is 0 Å². The van der Waals surface area contributed by atoms with E-state index in [1.165, 1.54) is 11.8 Å². The summed E-state index contributed by atoms with van der Waals surface area (Å²) in [4.78, 5) is 12.7. The van der Waals surface area contributed by atoms with Crippen molar-refractivity contribution in [3.05, 3.63) is 90.1 Å². The maximum absolute atomic E-state index is 12.7. The molecule has 7 heteroatoms. The number of nitrogens with zero attached hydrogens (tertiary/aromatic N) is 3. The number of fused-ring (bicyclic) bond motifs is 1. The van der Waals surface area contributed by atoms with Crippen LogP contribution >= 0.6 is 11.8 Å². The van der Waals surface area contributed by atoms with E-state index in [2.05, 4.69) is 15.5 Å². The topological polar surface area (TPSA) is 68.5 Å². The summed E-state index contributed by atoms with van der Waals surface area (Å²) < 4.78 is 7.12. The molecule has 0 radical (unpaired) electrons. The maximum Gasteiger partial charge on any atom is 0.231 e. The van der Waals surface area contributed by atoms with Crippen LogP contribution < -0.4 is 10.1 Å². The number of hydrogen-bond acceptors (Lipinski definition) is 5. The van der Waals surface area contributed by atoms with Gasteiger partial charge in [0, 0.05) is 6.20 Å². The SMILES string of the molecule is COc1ccc([C@H](NC(=O)CSc2nnc3ccccn23)c2ccccc2)cc1. The van der Waals surface area contributed by atoms with E-state index in [1.54, 1.807) is 7.11 Å². The van der Waals surface area contributed by atoms with E-state index in [0.717, 1.165) is 22.5 Å². The number of carbonyl (C=O) groups is 1. The van der Waals surface area contributed by atoms with Crippen molar-refractivity contribution in [1.29, 1.82) is 0 Å². The Labute approximate surface area is 172 Å².